The van der Waals surface area contributed by atoms with Crippen molar-refractivity contribution >= 4 is 0 Å². The quantitative estimate of drug-likeness (QED) is 0.415. The highest BCUT2D eigenvalue weighted by atomic mass is 16.5. The van der Waals surface area contributed by atoms with Gasteiger partial charge in [0.2, 0.25) is 0 Å². The molecule has 3 nitrogen and oxygen atoms in total. The van der Waals surface area contributed by atoms with Crippen LogP contribution >= 0.6 is 0 Å². The summed E-state index contributed by atoms with van der Waals surface area (Å²) < 4.78 is 7.31. The molecular formula is C35H51NO2. The lowest BCUT2D eigenvalue weighted by Crippen LogP contribution is -2.51. The standard InChI is InChI=1S/C35H51NO2/c1-22-16-32-33(36(20-22)21-25-8-6-5-7-9-25)24(3)35(38-32)15-13-28-29-11-10-26-17-27(37)12-14-34(26,4)31(29)18-30(28)23(2)19-35/h5-9,22,24,26-29,31-33,37H,10-21H2,1-4H3/t22-,24+,26?,27-,28-,29?,31-,32?,33-,34-,35-/m0/s1. The minimum absolute atomic E-state index is 0.0152. The summed E-state index contributed by atoms with van der Waals surface area (Å²) in [6.45, 7) is 12.3. The Hall–Kier alpha value is -1.16. The van der Waals surface area contributed by atoms with Gasteiger partial charge in [-0.2, -0.15) is 0 Å². The summed E-state index contributed by atoms with van der Waals surface area (Å²) in [7, 11) is 0. The molecule has 5 fully saturated rings. The third-order valence-electron chi connectivity index (χ3n) is 13.1. The van der Waals surface area contributed by atoms with Crippen molar-refractivity contribution in [3.8, 4) is 0 Å². The van der Waals surface area contributed by atoms with Gasteiger partial charge in [0, 0.05) is 25.0 Å². The molecule has 6 aliphatic rings. The third-order valence-corrected chi connectivity index (χ3v) is 13.1. The van der Waals surface area contributed by atoms with Gasteiger partial charge in [-0.15, -0.1) is 0 Å². The Morgan fingerprint density at radius 2 is 1.84 bits per heavy atom. The smallest absolute Gasteiger partial charge is 0.0765 e. The van der Waals surface area contributed by atoms with Gasteiger partial charge in [0.25, 0.3) is 0 Å². The van der Waals surface area contributed by atoms with E-state index < -0.39 is 0 Å². The highest BCUT2D eigenvalue weighted by molar-refractivity contribution is 5.29. The summed E-state index contributed by atoms with van der Waals surface area (Å²) in [4.78, 5) is 2.79. The van der Waals surface area contributed by atoms with Gasteiger partial charge < -0.3 is 9.84 Å². The number of allylic oxidation sites excluding steroid dienone is 1. The molecule has 1 N–H and O–H groups in total. The van der Waals surface area contributed by atoms with E-state index in [1.807, 2.05) is 5.57 Å². The molecule has 2 aliphatic heterocycles. The summed E-state index contributed by atoms with van der Waals surface area (Å²) in [5.41, 5.74) is 5.42. The number of aliphatic hydroxyl groups is 1. The van der Waals surface area contributed by atoms with E-state index in [1.165, 1.54) is 57.1 Å². The molecular weight excluding hydrogens is 466 g/mol. The fourth-order valence-electron chi connectivity index (χ4n) is 11.2. The van der Waals surface area contributed by atoms with Gasteiger partial charge in [-0.1, -0.05) is 62.2 Å². The molecule has 3 heteroatoms. The van der Waals surface area contributed by atoms with E-state index in [1.54, 1.807) is 5.57 Å². The number of fused-ring (bicyclic) bond motifs is 6. The molecule has 208 valence electrons. The topological polar surface area (TPSA) is 32.7 Å². The van der Waals surface area contributed by atoms with Gasteiger partial charge in [0.05, 0.1) is 17.8 Å². The summed E-state index contributed by atoms with van der Waals surface area (Å²) >= 11 is 0. The zero-order valence-corrected chi connectivity index (χ0v) is 24.4. The number of benzene rings is 1. The zero-order chi connectivity index (χ0) is 26.2. The first kappa shape index (κ1) is 25.8. The second kappa shape index (κ2) is 9.45. The Bertz CT molecular complexity index is 1070. The fraction of sp³-hybridized carbons (Fsp3) is 0.771. The summed E-state index contributed by atoms with van der Waals surface area (Å²) in [5, 5.41) is 10.4. The Labute approximate surface area is 231 Å². The fourth-order valence-corrected chi connectivity index (χ4v) is 11.2. The Morgan fingerprint density at radius 1 is 1.03 bits per heavy atom. The van der Waals surface area contributed by atoms with Crippen LogP contribution in [0.1, 0.15) is 97.5 Å². The Balaban J connectivity index is 1.15. The van der Waals surface area contributed by atoms with Crippen molar-refractivity contribution in [2.75, 3.05) is 6.54 Å². The number of rotatable bonds is 2. The van der Waals surface area contributed by atoms with E-state index in [0.717, 1.165) is 49.5 Å². The molecule has 7 rings (SSSR count). The van der Waals surface area contributed by atoms with Crippen LogP contribution in [-0.4, -0.2) is 40.4 Å². The molecule has 4 aliphatic carbocycles. The lowest BCUT2D eigenvalue weighted by atomic mass is 9.52. The number of ether oxygens (including phenoxy) is 1. The van der Waals surface area contributed by atoms with E-state index in [0.29, 0.717) is 29.4 Å². The molecule has 1 spiro atoms. The van der Waals surface area contributed by atoms with Crippen LogP contribution < -0.4 is 0 Å². The number of aliphatic hydroxyl groups excluding tert-OH is 1. The third kappa shape index (κ3) is 4.00. The van der Waals surface area contributed by atoms with Gasteiger partial charge in [0.1, 0.15) is 0 Å². The predicted molar refractivity (Wildman–Crippen MR) is 154 cm³/mol. The van der Waals surface area contributed by atoms with Crippen LogP contribution in [0.3, 0.4) is 0 Å². The molecule has 3 saturated carbocycles. The molecule has 38 heavy (non-hydrogen) atoms. The molecule has 2 heterocycles. The van der Waals surface area contributed by atoms with E-state index in [-0.39, 0.29) is 11.7 Å². The van der Waals surface area contributed by atoms with Crippen molar-refractivity contribution in [1.82, 2.24) is 4.90 Å². The van der Waals surface area contributed by atoms with Crippen LogP contribution in [0.5, 0.6) is 0 Å². The van der Waals surface area contributed by atoms with Gasteiger partial charge in [-0.05, 0) is 112 Å². The number of hydrogen-bond donors (Lipinski definition) is 1. The van der Waals surface area contributed by atoms with E-state index in [2.05, 4.69) is 62.9 Å². The van der Waals surface area contributed by atoms with E-state index in [9.17, 15) is 5.11 Å². The highest BCUT2D eigenvalue weighted by Gasteiger charge is 2.60. The van der Waals surface area contributed by atoms with Crippen LogP contribution in [0.15, 0.2) is 41.5 Å². The van der Waals surface area contributed by atoms with Crippen molar-refractivity contribution in [3.63, 3.8) is 0 Å². The normalized spacial score (nSPS) is 48.8. The van der Waals surface area contributed by atoms with Gasteiger partial charge >= 0.3 is 0 Å². The van der Waals surface area contributed by atoms with E-state index in [4.69, 9.17) is 4.74 Å². The van der Waals surface area contributed by atoms with Crippen molar-refractivity contribution in [2.24, 2.45) is 40.9 Å². The van der Waals surface area contributed by atoms with Crippen molar-refractivity contribution < 1.29 is 9.84 Å². The molecule has 0 amide bonds. The van der Waals surface area contributed by atoms with Crippen LogP contribution in [0.4, 0.5) is 0 Å². The molecule has 2 saturated heterocycles. The average molecular weight is 518 g/mol. The minimum Gasteiger partial charge on any atom is -0.393 e. The van der Waals surface area contributed by atoms with Gasteiger partial charge in [-0.25, -0.2) is 0 Å². The van der Waals surface area contributed by atoms with Crippen LogP contribution in [0, 0.1) is 40.9 Å². The Kier molecular flexibility index (Phi) is 6.41. The lowest BCUT2D eigenvalue weighted by Gasteiger charge is -2.53. The zero-order valence-electron chi connectivity index (χ0n) is 24.4. The molecule has 1 aromatic rings. The summed E-state index contributed by atoms with van der Waals surface area (Å²) in [6, 6.07) is 11.6. The monoisotopic (exact) mass is 517 g/mol. The van der Waals surface area contributed by atoms with Crippen LogP contribution in [-0.2, 0) is 11.3 Å². The minimum atomic E-state index is -0.0500. The molecule has 0 bridgehead atoms. The van der Waals surface area contributed by atoms with Crippen molar-refractivity contribution in [3.05, 3.63) is 47.0 Å². The van der Waals surface area contributed by atoms with Gasteiger partial charge in [-0.3, -0.25) is 4.90 Å². The maximum Gasteiger partial charge on any atom is 0.0765 e. The Morgan fingerprint density at radius 3 is 2.66 bits per heavy atom. The molecule has 0 aromatic heterocycles. The SMILES string of the molecule is CC1=C2C[C@H]3C(CCC4C[C@@H](O)CC[C@@]43C)[C@@H]2CC[C@@]2(C1)OC1C[C@H](C)CN(Cc3ccccc3)[C@H]1[C@H]2C. The number of hydrogen-bond acceptors (Lipinski definition) is 3. The number of nitrogens with zero attached hydrogens (tertiary/aromatic N) is 1. The number of piperidine rings is 1. The van der Waals surface area contributed by atoms with Crippen molar-refractivity contribution in [2.45, 2.75) is 122 Å². The lowest BCUT2D eigenvalue weighted by molar-refractivity contribution is -0.0843. The predicted octanol–water partition coefficient (Wildman–Crippen LogP) is 7.38. The second-order valence-corrected chi connectivity index (χ2v) is 15.1. The van der Waals surface area contributed by atoms with Crippen LogP contribution in [0.2, 0.25) is 0 Å². The van der Waals surface area contributed by atoms with Crippen molar-refractivity contribution in [1.29, 1.82) is 0 Å². The molecule has 3 unspecified atom stereocenters. The van der Waals surface area contributed by atoms with Gasteiger partial charge in [0.15, 0.2) is 0 Å². The maximum absolute atomic E-state index is 10.4. The first-order valence-corrected chi connectivity index (χ1v) is 16.1. The average Bonchev–Trinajstić information content (AvgIpc) is 3.35. The molecule has 11 atom stereocenters. The molecule has 1 aromatic carbocycles. The number of likely N-dealkylation sites (tertiary alicyclic amines) is 1. The largest absolute Gasteiger partial charge is 0.393 e. The molecule has 0 radical (unpaired) electrons. The maximum atomic E-state index is 10.4. The highest BCUT2D eigenvalue weighted by Crippen LogP contribution is 2.65. The first-order chi connectivity index (χ1) is 18.3. The second-order valence-electron chi connectivity index (χ2n) is 15.1. The summed E-state index contributed by atoms with van der Waals surface area (Å²) in [5.74, 6) is 4.48. The first-order valence-electron chi connectivity index (χ1n) is 16.1. The summed E-state index contributed by atoms with van der Waals surface area (Å²) in [6.07, 6.45) is 12.6. The van der Waals surface area contributed by atoms with E-state index >= 15 is 0 Å². The van der Waals surface area contributed by atoms with Crippen LogP contribution in [0.25, 0.3) is 0 Å².